The van der Waals surface area contributed by atoms with Crippen LogP contribution in [0.4, 0.5) is 11.4 Å². The van der Waals surface area contributed by atoms with Gasteiger partial charge in [0.25, 0.3) is 5.91 Å². The third kappa shape index (κ3) is 5.91. The largest absolute Gasteiger partial charge is 0.482 e. The molecule has 0 aromatic heterocycles. The average Bonchev–Trinajstić information content (AvgIpc) is 2.68. The van der Waals surface area contributed by atoms with Crippen molar-refractivity contribution in [3.63, 3.8) is 0 Å². The molecule has 0 radical (unpaired) electrons. The maximum atomic E-state index is 12.0. The highest BCUT2D eigenvalue weighted by atomic mass is 35.5. The highest BCUT2D eigenvalue weighted by Crippen LogP contribution is 2.26. The van der Waals surface area contributed by atoms with Gasteiger partial charge < -0.3 is 15.4 Å². The molecule has 0 aliphatic heterocycles. The number of anilines is 2. The van der Waals surface area contributed by atoms with E-state index in [9.17, 15) is 4.79 Å². The number of rotatable bonds is 7. The monoisotopic (exact) mass is 414 g/mol. The summed E-state index contributed by atoms with van der Waals surface area (Å²) in [6, 6.07) is 20.5. The number of carbonyl (C=O) groups excluding carboxylic acids is 1. The molecule has 2 N–H and O–H groups in total. The lowest BCUT2D eigenvalue weighted by molar-refractivity contribution is -0.118. The number of nitrogens with one attached hydrogen (secondary N) is 2. The van der Waals surface area contributed by atoms with Crippen LogP contribution in [0.3, 0.4) is 0 Å². The Kier molecular flexibility index (Phi) is 6.80. The van der Waals surface area contributed by atoms with Gasteiger partial charge in [0.15, 0.2) is 6.61 Å². The van der Waals surface area contributed by atoms with Gasteiger partial charge >= 0.3 is 0 Å². The van der Waals surface area contributed by atoms with Gasteiger partial charge in [-0.3, -0.25) is 4.79 Å². The van der Waals surface area contributed by atoms with Crippen LogP contribution < -0.4 is 15.4 Å². The second-order valence-electron chi connectivity index (χ2n) is 6.33. The van der Waals surface area contributed by atoms with Crippen molar-refractivity contribution in [3.8, 4) is 5.75 Å². The van der Waals surface area contributed by atoms with Crippen LogP contribution in [0.2, 0.25) is 10.0 Å². The summed E-state index contributed by atoms with van der Waals surface area (Å²) in [5, 5.41) is 7.23. The molecule has 0 aliphatic rings. The minimum atomic E-state index is -0.242. The van der Waals surface area contributed by atoms with Gasteiger partial charge in [0, 0.05) is 22.9 Å². The van der Waals surface area contributed by atoms with E-state index < -0.39 is 0 Å². The smallest absolute Gasteiger partial charge is 0.262 e. The number of benzene rings is 3. The topological polar surface area (TPSA) is 50.4 Å². The Morgan fingerprint density at radius 3 is 2.29 bits per heavy atom. The molecule has 1 amide bonds. The van der Waals surface area contributed by atoms with Crippen LogP contribution in [0.5, 0.6) is 5.75 Å². The van der Waals surface area contributed by atoms with E-state index in [1.54, 1.807) is 6.07 Å². The average molecular weight is 415 g/mol. The Morgan fingerprint density at radius 1 is 0.929 bits per heavy atom. The number of hydrogen-bond donors (Lipinski definition) is 2. The molecule has 0 atom stereocenters. The van der Waals surface area contributed by atoms with Crippen molar-refractivity contribution in [1.82, 2.24) is 0 Å². The lowest BCUT2D eigenvalue weighted by Crippen LogP contribution is -2.20. The van der Waals surface area contributed by atoms with E-state index in [4.69, 9.17) is 27.9 Å². The van der Waals surface area contributed by atoms with Gasteiger partial charge in [-0.1, -0.05) is 47.0 Å². The normalized spacial score (nSPS) is 10.4. The van der Waals surface area contributed by atoms with Crippen molar-refractivity contribution in [2.75, 3.05) is 17.2 Å². The third-order valence-corrected chi connectivity index (χ3v) is 4.58. The van der Waals surface area contributed by atoms with E-state index in [2.05, 4.69) is 10.6 Å². The Labute approximate surface area is 174 Å². The number of ether oxygens (including phenoxy) is 1. The minimum absolute atomic E-state index is 0.115. The molecule has 0 saturated carbocycles. The van der Waals surface area contributed by atoms with Gasteiger partial charge in [0.2, 0.25) is 0 Å². The fraction of sp³-hybridized carbons (Fsp3) is 0.136. The summed E-state index contributed by atoms with van der Waals surface area (Å²) < 4.78 is 5.55. The van der Waals surface area contributed by atoms with Crippen LogP contribution in [-0.4, -0.2) is 12.5 Å². The molecule has 0 bridgehead atoms. The van der Waals surface area contributed by atoms with Crippen LogP contribution in [0, 0.1) is 6.92 Å². The fourth-order valence-electron chi connectivity index (χ4n) is 2.52. The van der Waals surface area contributed by atoms with E-state index in [-0.39, 0.29) is 12.5 Å². The van der Waals surface area contributed by atoms with E-state index in [0.717, 1.165) is 22.5 Å². The number of halogens is 2. The van der Waals surface area contributed by atoms with Crippen LogP contribution in [0.25, 0.3) is 0 Å². The van der Waals surface area contributed by atoms with Crippen molar-refractivity contribution >= 4 is 40.5 Å². The third-order valence-electron chi connectivity index (χ3n) is 4.03. The number of aryl methyl sites for hydroxylation is 1. The summed E-state index contributed by atoms with van der Waals surface area (Å²) in [4.78, 5) is 12.0. The Morgan fingerprint density at radius 2 is 1.61 bits per heavy atom. The molecule has 3 aromatic carbocycles. The predicted octanol–water partition coefficient (Wildman–Crippen LogP) is 5.93. The van der Waals surface area contributed by atoms with E-state index >= 15 is 0 Å². The molecule has 0 aliphatic carbocycles. The highest BCUT2D eigenvalue weighted by Gasteiger charge is 2.08. The molecule has 3 aromatic rings. The lowest BCUT2D eigenvalue weighted by Gasteiger charge is -2.11. The van der Waals surface area contributed by atoms with Crippen molar-refractivity contribution in [2.45, 2.75) is 13.5 Å². The standard InChI is InChI=1S/C22H20Cl2N2O2/c1-15-2-7-19(8-3-15)26-22(27)14-28-21-11-4-16(12-20(21)24)13-25-18-9-5-17(23)6-10-18/h2-12,25H,13-14H2,1H3,(H,26,27). The maximum Gasteiger partial charge on any atom is 0.262 e. The summed E-state index contributed by atoms with van der Waals surface area (Å²) in [6.45, 7) is 2.48. The zero-order valence-corrected chi connectivity index (χ0v) is 16.8. The maximum absolute atomic E-state index is 12.0. The first-order chi connectivity index (χ1) is 13.5. The summed E-state index contributed by atoms with van der Waals surface area (Å²) >= 11 is 12.2. The highest BCUT2D eigenvalue weighted by molar-refractivity contribution is 6.32. The summed E-state index contributed by atoms with van der Waals surface area (Å²) in [5.41, 5.74) is 3.82. The lowest BCUT2D eigenvalue weighted by atomic mass is 10.2. The summed E-state index contributed by atoms with van der Waals surface area (Å²) in [6.07, 6.45) is 0. The first-order valence-electron chi connectivity index (χ1n) is 8.77. The van der Waals surface area contributed by atoms with E-state index in [1.807, 2.05) is 67.6 Å². The van der Waals surface area contributed by atoms with Gasteiger partial charge in [0.1, 0.15) is 5.75 Å². The summed E-state index contributed by atoms with van der Waals surface area (Å²) in [7, 11) is 0. The van der Waals surface area contributed by atoms with Crippen molar-refractivity contribution < 1.29 is 9.53 Å². The Bertz CT molecular complexity index is 942. The molecule has 4 nitrogen and oxygen atoms in total. The van der Waals surface area contributed by atoms with Gasteiger partial charge in [-0.15, -0.1) is 0 Å². The quantitative estimate of drug-likeness (QED) is 0.503. The molecule has 0 unspecified atom stereocenters. The van der Waals surface area contributed by atoms with Crippen LogP contribution >= 0.6 is 23.2 Å². The van der Waals surface area contributed by atoms with Crippen molar-refractivity contribution in [1.29, 1.82) is 0 Å². The number of amides is 1. The van der Waals surface area contributed by atoms with Crippen LogP contribution in [0.1, 0.15) is 11.1 Å². The van der Waals surface area contributed by atoms with Gasteiger partial charge in [-0.05, 0) is 61.0 Å². The fourth-order valence-corrected chi connectivity index (χ4v) is 2.90. The van der Waals surface area contributed by atoms with Crippen LogP contribution in [0.15, 0.2) is 66.7 Å². The molecule has 144 valence electrons. The molecule has 0 saturated heterocycles. The molecule has 0 heterocycles. The molecule has 28 heavy (non-hydrogen) atoms. The molecular formula is C22H20Cl2N2O2. The van der Waals surface area contributed by atoms with Crippen LogP contribution in [-0.2, 0) is 11.3 Å². The molecule has 0 spiro atoms. The van der Waals surface area contributed by atoms with Crippen molar-refractivity contribution in [3.05, 3.63) is 87.9 Å². The summed E-state index contributed by atoms with van der Waals surface area (Å²) in [5.74, 6) is 0.226. The zero-order valence-electron chi connectivity index (χ0n) is 15.3. The van der Waals surface area contributed by atoms with E-state index in [0.29, 0.717) is 22.3 Å². The van der Waals surface area contributed by atoms with Gasteiger partial charge in [-0.2, -0.15) is 0 Å². The second kappa shape index (κ2) is 9.49. The predicted molar refractivity (Wildman–Crippen MR) is 116 cm³/mol. The van der Waals surface area contributed by atoms with Gasteiger partial charge in [-0.25, -0.2) is 0 Å². The first kappa shape index (κ1) is 20.1. The zero-order chi connectivity index (χ0) is 19.9. The Balaban J connectivity index is 1.51. The van der Waals surface area contributed by atoms with Gasteiger partial charge in [0.05, 0.1) is 5.02 Å². The van der Waals surface area contributed by atoms with E-state index in [1.165, 1.54) is 0 Å². The number of hydrogen-bond acceptors (Lipinski definition) is 3. The molecule has 6 heteroatoms. The number of carbonyl (C=O) groups is 1. The molecular weight excluding hydrogens is 395 g/mol. The minimum Gasteiger partial charge on any atom is -0.482 e. The first-order valence-corrected chi connectivity index (χ1v) is 9.52. The molecule has 3 rings (SSSR count). The van der Waals surface area contributed by atoms with Crippen molar-refractivity contribution in [2.24, 2.45) is 0 Å². The second-order valence-corrected chi connectivity index (χ2v) is 7.17. The SMILES string of the molecule is Cc1ccc(NC(=O)COc2ccc(CNc3ccc(Cl)cc3)cc2Cl)cc1. The molecule has 0 fully saturated rings. The Hall–Kier alpha value is -2.69.